The van der Waals surface area contributed by atoms with E-state index in [0.29, 0.717) is 18.4 Å². The average molecular weight is 305 g/mol. The quantitative estimate of drug-likeness (QED) is 0.691. The smallest absolute Gasteiger partial charge is 0.310 e. The fraction of sp³-hybridized carbons (Fsp3) is 0.556. The van der Waals surface area contributed by atoms with Crippen LogP contribution in [0, 0.1) is 5.41 Å². The van der Waals surface area contributed by atoms with Gasteiger partial charge in [0.2, 0.25) is 5.91 Å². The van der Waals surface area contributed by atoms with E-state index in [1.807, 2.05) is 32.0 Å². The van der Waals surface area contributed by atoms with E-state index in [2.05, 4.69) is 0 Å². The molecule has 0 radical (unpaired) electrons. The molecular weight excluding hydrogens is 278 g/mol. The van der Waals surface area contributed by atoms with Crippen molar-refractivity contribution in [1.82, 2.24) is 0 Å². The normalized spacial score (nSPS) is 12.8. The fourth-order valence-corrected chi connectivity index (χ4v) is 3.14. The molecule has 1 atom stereocenters. The van der Waals surface area contributed by atoms with Crippen LogP contribution in [0.4, 0.5) is 0 Å². The van der Waals surface area contributed by atoms with Crippen molar-refractivity contribution in [2.45, 2.75) is 58.3 Å². The van der Waals surface area contributed by atoms with Crippen molar-refractivity contribution in [1.29, 1.82) is 0 Å². The number of carboxylic acids is 1. The van der Waals surface area contributed by atoms with Gasteiger partial charge in [-0.15, -0.1) is 0 Å². The summed E-state index contributed by atoms with van der Waals surface area (Å²) < 4.78 is 0. The number of rotatable bonds is 10. The lowest BCUT2D eigenvalue weighted by atomic mass is 9.65. The van der Waals surface area contributed by atoms with Gasteiger partial charge in [0.25, 0.3) is 0 Å². The van der Waals surface area contributed by atoms with Crippen molar-refractivity contribution in [3.63, 3.8) is 0 Å². The lowest BCUT2D eigenvalue weighted by Crippen LogP contribution is -2.43. The van der Waals surface area contributed by atoms with E-state index in [1.54, 1.807) is 12.1 Å². The first-order chi connectivity index (χ1) is 10.5. The summed E-state index contributed by atoms with van der Waals surface area (Å²) in [6.45, 7) is 4.04. The maximum Gasteiger partial charge on any atom is 0.310 e. The number of nitrogens with two attached hydrogens (primary N) is 1. The molecule has 0 saturated carbocycles. The summed E-state index contributed by atoms with van der Waals surface area (Å²) in [5.41, 5.74) is 5.22. The number of hydrogen-bond donors (Lipinski definition) is 2. The van der Waals surface area contributed by atoms with E-state index in [-0.39, 0.29) is 0 Å². The number of aliphatic carboxylic acids is 1. The fourth-order valence-electron chi connectivity index (χ4n) is 3.14. The van der Waals surface area contributed by atoms with Gasteiger partial charge in [-0.2, -0.15) is 0 Å². The van der Waals surface area contributed by atoms with E-state index in [0.717, 1.165) is 25.7 Å². The topological polar surface area (TPSA) is 80.4 Å². The summed E-state index contributed by atoms with van der Waals surface area (Å²) in [5, 5.41) is 9.95. The first-order valence-corrected chi connectivity index (χ1v) is 8.07. The molecule has 0 fully saturated rings. The highest BCUT2D eigenvalue weighted by molar-refractivity contribution is 5.90. The molecule has 22 heavy (non-hydrogen) atoms. The monoisotopic (exact) mass is 305 g/mol. The van der Waals surface area contributed by atoms with Gasteiger partial charge >= 0.3 is 5.97 Å². The Morgan fingerprint density at radius 3 is 1.95 bits per heavy atom. The lowest BCUT2D eigenvalue weighted by molar-refractivity contribution is -0.154. The van der Waals surface area contributed by atoms with Gasteiger partial charge in [-0.1, -0.05) is 69.9 Å². The molecule has 0 bridgehead atoms. The predicted molar refractivity (Wildman–Crippen MR) is 87.5 cm³/mol. The number of carbonyl (C=O) groups excluding carboxylic acids is 1. The highest BCUT2D eigenvalue weighted by Crippen LogP contribution is 2.44. The van der Waals surface area contributed by atoms with Gasteiger partial charge in [-0.25, -0.2) is 0 Å². The first kappa shape index (κ1) is 18.2. The minimum Gasteiger partial charge on any atom is -0.481 e. The van der Waals surface area contributed by atoms with E-state index in [4.69, 9.17) is 5.73 Å². The Kier molecular flexibility index (Phi) is 7.09. The van der Waals surface area contributed by atoms with E-state index < -0.39 is 23.2 Å². The van der Waals surface area contributed by atoms with E-state index >= 15 is 0 Å². The van der Waals surface area contributed by atoms with Crippen molar-refractivity contribution >= 4 is 11.9 Å². The SMILES string of the molecule is CCCCC(CCCC)(C(=O)O)C(C(N)=O)c1ccccc1. The summed E-state index contributed by atoms with van der Waals surface area (Å²) in [6.07, 6.45) is 4.27. The van der Waals surface area contributed by atoms with Crippen molar-refractivity contribution < 1.29 is 14.7 Å². The number of amides is 1. The maximum atomic E-state index is 12.1. The summed E-state index contributed by atoms with van der Waals surface area (Å²) in [4.78, 5) is 24.3. The molecule has 1 aromatic carbocycles. The Morgan fingerprint density at radius 2 is 1.59 bits per heavy atom. The van der Waals surface area contributed by atoms with Crippen molar-refractivity contribution in [3.8, 4) is 0 Å². The van der Waals surface area contributed by atoms with Crippen LogP contribution in [0.25, 0.3) is 0 Å². The van der Waals surface area contributed by atoms with Crippen LogP contribution in [0.5, 0.6) is 0 Å². The molecular formula is C18H27NO3. The molecule has 0 aromatic heterocycles. The molecule has 0 aliphatic heterocycles. The molecule has 1 unspecified atom stereocenters. The summed E-state index contributed by atoms with van der Waals surface area (Å²) in [5.74, 6) is -2.26. The molecule has 0 heterocycles. The Hall–Kier alpha value is -1.84. The van der Waals surface area contributed by atoms with Crippen molar-refractivity contribution in [2.24, 2.45) is 11.1 Å². The summed E-state index contributed by atoms with van der Waals surface area (Å²) in [7, 11) is 0. The Labute approximate surface area is 132 Å². The van der Waals surface area contributed by atoms with Crippen molar-refractivity contribution in [2.75, 3.05) is 0 Å². The minimum atomic E-state index is -1.11. The third kappa shape index (κ3) is 4.09. The van der Waals surface area contributed by atoms with Crippen LogP contribution in [0.15, 0.2) is 30.3 Å². The number of benzene rings is 1. The highest BCUT2D eigenvalue weighted by Gasteiger charge is 2.48. The highest BCUT2D eigenvalue weighted by atomic mass is 16.4. The largest absolute Gasteiger partial charge is 0.481 e. The molecule has 122 valence electrons. The number of unbranched alkanes of at least 4 members (excludes halogenated alkanes) is 2. The van der Waals surface area contributed by atoms with Gasteiger partial charge in [0, 0.05) is 0 Å². The Bertz CT molecular complexity index is 476. The second-order valence-electron chi connectivity index (χ2n) is 5.91. The molecule has 1 rings (SSSR count). The standard InChI is InChI=1S/C18H27NO3/c1-3-5-12-18(17(21)22,13-6-4-2)15(16(19)20)14-10-8-7-9-11-14/h7-11,15H,3-6,12-13H2,1-2H3,(H2,19,20)(H,21,22). The van der Waals surface area contributed by atoms with Gasteiger partial charge in [0.15, 0.2) is 0 Å². The Balaban J connectivity index is 3.34. The average Bonchev–Trinajstić information content (AvgIpc) is 2.50. The van der Waals surface area contributed by atoms with Crippen LogP contribution in [0.1, 0.15) is 63.9 Å². The van der Waals surface area contributed by atoms with Crippen LogP contribution in [0.3, 0.4) is 0 Å². The molecule has 0 spiro atoms. The number of hydrogen-bond acceptors (Lipinski definition) is 2. The second kappa shape index (κ2) is 8.57. The van der Waals surface area contributed by atoms with Crippen LogP contribution in [0.2, 0.25) is 0 Å². The molecule has 4 nitrogen and oxygen atoms in total. The van der Waals surface area contributed by atoms with Gasteiger partial charge in [0.1, 0.15) is 0 Å². The zero-order valence-electron chi connectivity index (χ0n) is 13.5. The zero-order valence-corrected chi connectivity index (χ0v) is 13.5. The minimum absolute atomic E-state index is 0.474. The first-order valence-electron chi connectivity index (χ1n) is 8.07. The summed E-state index contributed by atoms with van der Waals surface area (Å²) >= 11 is 0. The van der Waals surface area contributed by atoms with Crippen molar-refractivity contribution in [3.05, 3.63) is 35.9 Å². The zero-order chi connectivity index (χ0) is 16.6. The second-order valence-corrected chi connectivity index (χ2v) is 5.91. The third-order valence-electron chi connectivity index (χ3n) is 4.35. The van der Waals surface area contributed by atoms with Crippen LogP contribution < -0.4 is 5.73 Å². The van der Waals surface area contributed by atoms with E-state index in [1.165, 1.54) is 0 Å². The Morgan fingerprint density at radius 1 is 1.09 bits per heavy atom. The molecule has 0 aliphatic rings. The number of primary amides is 1. The predicted octanol–water partition coefficient (Wildman–Crippen LogP) is 3.71. The molecule has 0 saturated heterocycles. The molecule has 1 amide bonds. The molecule has 3 N–H and O–H groups in total. The molecule has 1 aromatic rings. The number of carboxylic acid groups (broad SMARTS) is 1. The third-order valence-corrected chi connectivity index (χ3v) is 4.35. The van der Waals surface area contributed by atoms with Crippen LogP contribution >= 0.6 is 0 Å². The van der Waals surface area contributed by atoms with Gasteiger partial charge in [-0.3, -0.25) is 9.59 Å². The number of carbonyl (C=O) groups is 2. The van der Waals surface area contributed by atoms with E-state index in [9.17, 15) is 14.7 Å². The maximum absolute atomic E-state index is 12.1. The van der Waals surface area contributed by atoms with Gasteiger partial charge in [-0.05, 0) is 18.4 Å². The molecule has 4 heteroatoms. The van der Waals surface area contributed by atoms with Crippen LogP contribution in [-0.4, -0.2) is 17.0 Å². The van der Waals surface area contributed by atoms with Crippen LogP contribution in [-0.2, 0) is 9.59 Å². The van der Waals surface area contributed by atoms with Gasteiger partial charge in [0.05, 0.1) is 11.3 Å². The van der Waals surface area contributed by atoms with Gasteiger partial charge < -0.3 is 10.8 Å². The summed E-state index contributed by atoms with van der Waals surface area (Å²) in [6, 6.07) is 9.08. The lowest BCUT2D eigenvalue weighted by Gasteiger charge is -2.36. The molecule has 0 aliphatic carbocycles.